The van der Waals surface area contributed by atoms with Gasteiger partial charge in [-0.25, -0.2) is 0 Å². The average Bonchev–Trinajstić information content (AvgIpc) is 2.96. The molecule has 0 spiro atoms. The van der Waals surface area contributed by atoms with Gasteiger partial charge in [-0.15, -0.1) is 0 Å². The predicted octanol–water partition coefficient (Wildman–Crippen LogP) is 3.14. The Morgan fingerprint density at radius 3 is 2.58 bits per heavy atom. The molecule has 0 saturated carbocycles. The summed E-state index contributed by atoms with van der Waals surface area (Å²) in [5.74, 6) is 1.03. The van der Waals surface area contributed by atoms with Crippen LogP contribution in [-0.2, 0) is 0 Å². The molecule has 1 saturated heterocycles. The molecule has 1 amide bonds. The maximum atomic E-state index is 13.0. The molecule has 2 aliphatic heterocycles. The van der Waals surface area contributed by atoms with Crippen LogP contribution in [0.1, 0.15) is 40.4 Å². The first-order chi connectivity index (χ1) is 12.4. The highest BCUT2D eigenvalue weighted by molar-refractivity contribution is 5.97. The number of amides is 1. The van der Waals surface area contributed by atoms with Crippen molar-refractivity contribution in [2.45, 2.75) is 18.9 Å². The molecule has 0 radical (unpaired) electrons. The van der Waals surface area contributed by atoms with E-state index in [2.05, 4.69) is 24.1 Å². The summed E-state index contributed by atoms with van der Waals surface area (Å²) in [4.78, 5) is 17.2. The number of rotatable bonds is 2. The van der Waals surface area contributed by atoms with E-state index in [9.17, 15) is 9.90 Å². The molecule has 26 heavy (non-hydrogen) atoms. The minimum absolute atomic E-state index is 0.116. The van der Waals surface area contributed by atoms with E-state index < -0.39 is 6.10 Å². The zero-order valence-corrected chi connectivity index (χ0v) is 15.6. The van der Waals surface area contributed by atoms with Crippen molar-refractivity contribution in [3.63, 3.8) is 0 Å². The van der Waals surface area contributed by atoms with Crippen molar-refractivity contribution in [1.82, 2.24) is 9.80 Å². The van der Waals surface area contributed by atoms with Crippen molar-refractivity contribution >= 4 is 5.91 Å². The fourth-order valence-electron chi connectivity index (χ4n) is 4.49. The molecule has 2 aliphatic rings. The lowest BCUT2D eigenvalue weighted by Crippen LogP contribution is -2.31. The summed E-state index contributed by atoms with van der Waals surface area (Å²) in [6, 6.07) is 14.2. The van der Waals surface area contributed by atoms with Crippen molar-refractivity contribution in [2.75, 3.05) is 33.7 Å². The monoisotopic (exact) mass is 350 g/mol. The van der Waals surface area contributed by atoms with E-state index in [1.807, 2.05) is 42.3 Å². The molecule has 136 valence electrons. The van der Waals surface area contributed by atoms with E-state index in [1.165, 1.54) is 5.56 Å². The van der Waals surface area contributed by atoms with Gasteiger partial charge in [0.15, 0.2) is 0 Å². The second-order valence-corrected chi connectivity index (χ2v) is 7.88. The van der Waals surface area contributed by atoms with Crippen molar-refractivity contribution in [1.29, 1.82) is 0 Å². The minimum Gasteiger partial charge on any atom is -0.389 e. The zero-order valence-electron chi connectivity index (χ0n) is 15.6. The van der Waals surface area contributed by atoms with Gasteiger partial charge in [-0.2, -0.15) is 0 Å². The molecular formula is C22H26N2O2. The van der Waals surface area contributed by atoms with Gasteiger partial charge in [-0.3, -0.25) is 4.79 Å². The van der Waals surface area contributed by atoms with Crippen molar-refractivity contribution < 1.29 is 9.90 Å². The molecule has 3 atom stereocenters. The first-order valence-corrected chi connectivity index (χ1v) is 9.30. The predicted molar refractivity (Wildman–Crippen MR) is 103 cm³/mol. The number of aliphatic hydroxyl groups is 1. The van der Waals surface area contributed by atoms with Crippen LogP contribution >= 0.6 is 0 Å². The van der Waals surface area contributed by atoms with E-state index in [1.54, 1.807) is 6.92 Å². The summed E-state index contributed by atoms with van der Waals surface area (Å²) < 4.78 is 0. The van der Waals surface area contributed by atoms with E-state index in [0.29, 0.717) is 11.8 Å². The topological polar surface area (TPSA) is 43.8 Å². The number of nitrogens with zero attached hydrogens (tertiary/aromatic N) is 2. The van der Waals surface area contributed by atoms with Crippen LogP contribution < -0.4 is 0 Å². The first-order valence-electron chi connectivity index (χ1n) is 9.30. The van der Waals surface area contributed by atoms with Crippen LogP contribution in [-0.4, -0.2) is 54.5 Å². The number of likely N-dealkylation sites (tertiary alicyclic amines) is 1. The Morgan fingerprint density at radius 2 is 1.81 bits per heavy atom. The van der Waals surface area contributed by atoms with Gasteiger partial charge in [0, 0.05) is 38.2 Å². The van der Waals surface area contributed by atoms with E-state index in [-0.39, 0.29) is 5.91 Å². The average molecular weight is 350 g/mol. The molecule has 2 aromatic rings. The third-order valence-electron chi connectivity index (χ3n) is 5.86. The number of carbonyl (C=O) groups excluding carboxylic acids is 1. The molecule has 2 heterocycles. The number of benzene rings is 2. The number of aliphatic hydroxyl groups excluding tert-OH is 1. The summed E-state index contributed by atoms with van der Waals surface area (Å²) in [6.07, 6.45) is -0.502. The van der Waals surface area contributed by atoms with Crippen LogP contribution in [0.4, 0.5) is 0 Å². The van der Waals surface area contributed by atoms with Gasteiger partial charge in [-0.05, 0) is 54.3 Å². The fraction of sp³-hybridized carbons (Fsp3) is 0.409. The van der Waals surface area contributed by atoms with Crippen LogP contribution in [0, 0.1) is 5.92 Å². The molecule has 0 bridgehead atoms. The Labute approximate surface area is 155 Å². The molecule has 0 aliphatic carbocycles. The van der Waals surface area contributed by atoms with Crippen molar-refractivity contribution in [3.05, 3.63) is 59.2 Å². The van der Waals surface area contributed by atoms with Gasteiger partial charge in [0.05, 0.1) is 6.10 Å². The minimum atomic E-state index is -0.502. The van der Waals surface area contributed by atoms with Crippen LogP contribution in [0.25, 0.3) is 11.1 Å². The normalized spacial score (nSPS) is 24.2. The molecule has 2 aromatic carbocycles. The molecular weight excluding hydrogens is 324 g/mol. The first kappa shape index (κ1) is 17.3. The molecule has 4 nitrogen and oxygen atoms in total. The lowest BCUT2D eigenvalue weighted by atomic mass is 9.86. The smallest absolute Gasteiger partial charge is 0.253 e. The summed E-state index contributed by atoms with van der Waals surface area (Å²) in [5.41, 5.74) is 4.96. The maximum Gasteiger partial charge on any atom is 0.253 e. The number of hydrogen-bond acceptors (Lipinski definition) is 3. The Bertz CT molecular complexity index is 846. The highest BCUT2D eigenvalue weighted by atomic mass is 16.3. The zero-order chi connectivity index (χ0) is 18.4. The summed E-state index contributed by atoms with van der Waals surface area (Å²) in [7, 11) is 4.07. The highest BCUT2D eigenvalue weighted by Crippen LogP contribution is 2.38. The largest absolute Gasteiger partial charge is 0.389 e. The third-order valence-corrected chi connectivity index (χ3v) is 5.86. The molecule has 1 unspecified atom stereocenters. The number of likely N-dealkylation sites (N-methyl/N-ethyl adjacent to an activating group) is 1. The number of carbonyl (C=O) groups is 1. The van der Waals surface area contributed by atoms with Crippen LogP contribution in [0.3, 0.4) is 0 Å². The molecule has 4 rings (SSSR count). The number of fused-ring (bicyclic) bond motifs is 3. The van der Waals surface area contributed by atoms with Gasteiger partial charge in [0.1, 0.15) is 0 Å². The SMILES string of the molecule is CC(O)c1cccc(-c2ccc3c(c2)C(=O)N(C)C[C@H]2CN(C)C[C@H]32)c1. The third kappa shape index (κ3) is 2.93. The van der Waals surface area contributed by atoms with Crippen LogP contribution in [0.15, 0.2) is 42.5 Å². The van der Waals surface area contributed by atoms with Crippen molar-refractivity contribution in [3.8, 4) is 11.1 Å². The Balaban J connectivity index is 1.79. The fourth-order valence-corrected chi connectivity index (χ4v) is 4.49. The lowest BCUT2D eigenvalue weighted by Gasteiger charge is -2.19. The molecule has 1 N–H and O–H groups in total. The van der Waals surface area contributed by atoms with E-state index >= 15 is 0 Å². The molecule has 4 heteroatoms. The molecule has 0 aromatic heterocycles. The van der Waals surface area contributed by atoms with Gasteiger partial charge >= 0.3 is 0 Å². The van der Waals surface area contributed by atoms with Crippen LogP contribution in [0.5, 0.6) is 0 Å². The van der Waals surface area contributed by atoms with Gasteiger partial charge in [-0.1, -0.05) is 30.3 Å². The van der Waals surface area contributed by atoms with Crippen LogP contribution in [0.2, 0.25) is 0 Å². The number of hydrogen-bond donors (Lipinski definition) is 1. The summed E-state index contributed by atoms with van der Waals surface area (Å²) in [6.45, 7) is 4.64. The second-order valence-electron chi connectivity index (χ2n) is 7.88. The lowest BCUT2D eigenvalue weighted by molar-refractivity contribution is 0.0782. The summed E-state index contributed by atoms with van der Waals surface area (Å²) >= 11 is 0. The maximum absolute atomic E-state index is 13.0. The highest BCUT2D eigenvalue weighted by Gasteiger charge is 2.38. The quantitative estimate of drug-likeness (QED) is 0.905. The standard InChI is InChI=1S/C22H26N2O2/c1-14(25)15-5-4-6-16(9-15)17-7-8-19-20(10-17)22(26)24(3)12-18-11-23(2)13-21(18)19/h4-10,14,18,21,25H,11-13H2,1-3H3/t14?,18-,21+/m1/s1. The van der Waals surface area contributed by atoms with Crippen molar-refractivity contribution in [2.24, 2.45) is 5.92 Å². The Kier molecular flexibility index (Phi) is 4.33. The van der Waals surface area contributed by atoms with E-state index in [0.717, 1.165) is 41.9 Å². The van der Waals surface area contributed by atoms with Gasteiger partial charge in [0.25, 0.3) is 5.91 Å². The Morgan fingerprint density at radius 1 is 1.04 bits per heavy atom. The Hall–Kier alpha value is -2.17. The van der Waals surface area contributed by atoms with Gasteiger partial charge < -0.3 is 14.9 Å². The second kappa shape index (κ2) is 6.53. The van der Waals surface area contributed by atoms with Gasteiger partial charge in [0.2, 0.25) is 0 Å². The van der Waals surface area contributed by atoms with E-state index in [4.69, 9.17) is 0 Å². The molecule has 1 fully saturated rings. The summed E-state index contributed by atoms with van der Waals surface area (Å²) in [5, 5.41) is 9.86.